The summed E-state index contributed by atoms with van der Waals surface area (Å²) in [6, 6.07) is 0. The normalized spacial score (nSPS) is 12.2. The first-order chi connectivity index (χ1) is 7.61. The number of hydrogen-bond acceptors (Lipinski definition) is 3. The van der Waals surface area contributed by atoms with Gasteiger partial charge in [-0.3, -0.25) is 9.59 Å². The third-order valence-corrected chi connectivity index (χ3v) is 3.10. The lowest BCUT2D eigenvalue weighted by molar-refractivity contribution is -0.159. The first-order valence-electron chi connectivity index (χ1n) is 6.00. The van der Waals surface area contributed by atoms with Crippen molar-refractivity contribution in [2.24, 2.45) is 0 Å². The molecule has 0 aliphatic heterocycles. The molecule has 0 spiro atoms. The second kappa shape index (κ2) is 9.82. The highest BCUT2D eigenvalue weighted by atomic mass is 79.9. The van der Waals surface area contributed by atoms with Crippen molar-refractivity contribution in [3.8, 4) is 0 Å². The predicted octanol–water partition coefficient (Wildman–Crippen LogP) is 3.59. The minimum absolute atomic E-state index is 0.340. The van der Waals surface area contributed by atoms with E-state index in [0.717, 1.165) is 38.5 Å². The van der Waals surface area contributed by atoms with E-state index in [4.69, 9.17) is 4.74 Å². The topological polar surface area (TPSA) is 43.4 Å². The number of rotatable bonds is 8. The van der Waals surface area contributed by atoms with Gasteiger partial charge in [0, 0.05) is 6.42 Å². The highest BCUT2D eigenvalue weighted by molar-refractivity contribution is 9.10. The molecule has 0 aromatic carbocycles. The van der Waals surface area contributed by atoms with Crippen molar-refractivity contribution >= 4 is 27.9 Å². The van der Waals surface area contributed by atoms with Crippen LogP contribution in [0.4, 0.5) is 0 Å². The summed E-state index contributed by atoms with van der Waals surface area (Å²) in [5.74, 6) is -0.852. The quantitative estimate of drug-likeness (QED) is 0.297. The number of carbonyl (C=O) groups excluding carboxylic acids is 2. The van der Waals surface area contributed by atoms with E-state index < -0.39 is 11.9 Å². The molecule has 0 saturated carbocycles. The van der Waals surface area contributed by atoms with Crippen LogP contribution in [-0.2, 0) is 14.3 Å². The summed E-state index contributed by atoms with van der Waals surface area (Å²) < 4.78 is 4.73. The third-order valence-electron chi connectivity index (χ3n) is 2.27. The smallest absolute Gasteiger partial charge is 0.327 e. The van der Waals surface area contributed by atoms with Gasteiger partial charge in [-0.2, -0.15) is 0 Å². The maximum atomic E-state index is 11.4. The highest BCUT2D eigenvalue weighted by Gasteiger charge is 2.18. The fourth-order valence-electron chi connectivity index (χ4n) is 1.25. The SMILES string of the molecule is CCCCCC(=O)OC(=O)C(Br)CCCC. The number of unbranched alkanes of at least 4 members (excludes halogenated alkanes) is 3. The standard InChI is InChI=1S/C12H21BrO3/c1-3-5-7-9-11(14)16-12(15)10(13)8-6-4-2/h10H,3-9H2,1-2H3. The Balaban J connectivity index is 3.72. The van der Waals surface area contributed by atoms with Gasteiger partial charge in [-0.15, -0.1) is 0 Å². The average Bonchev–Trinajstić information content (AvgIpc) is 2.26. The Morgan fingerprint density at radius 3 is 2.31 bits per heavy atom. The molecule has 0 saturated heterocycles. The van der Waals surface area contributed by atoms with Gasteiger partial charge in [0.05, 0.1) is 0 Å². The number of hydrogen-bond donors (Lipinski definition) is 0. The highest BCUT2D eigenvalue weighted by Crippen LogP contribution is 2.12. The number of carbonyl (C=O) groups is 2. The van der Waals surface area contributed by atoms with E-state index in [1.807, 2.05) is 0 Å². The molecule has 94 valence electrons. The monoisotopic (exact) mass is 292 g/mol. The van der Waals surface area contributed by atoms with E-state index in [2.05, 4.69) is 29.8 Å². The molecule has 0 aliphatic carbocycles. The van der Waals surface area contributed by atoms with Crippen LogP contribution in [0.1, 0.15) is 58.8 Å². The maximum absolute atomic E-state index is 11.4. The summed E-state index contributed by atoms with van der Waals surface area (Å²) in [6.45, 7) is 4.12. The largest absolute Gasteiger partial charge is 0.392 e. The van der Waals surface area contributed by atoms with Gasteiger partial charge < -0.3 is 4.74 Å². The number of ether oxygens (including phenoxy) is 1. The maximum Gasteiger partial charge on any atom is 0.327 e. The Labute approximate surface area is 106 Å². The van der Waals surface area contributed by atoms with Gasteiger partial charge in [0.2, 0.25) is 0 Å². The minimum Gasteiger partial charge on any atom is -0.392 e. The third kappa shape index (κ3) is 7.85. The molecule has 0 heterocycles. The fourth-order valence-corrected chi connectivity index (χ4v) is 1.66. The Hall–Kier alpha value is -0.380. The van der Waals surface area contributed by atoms with E-state index in [0.29, 0.717) is 6.42 Å². The predicted molar refractivity (Wildman–Crippen MR) is 67.5 cm³/mol. The van der Waals surface area contributed by atoms with Crippen molar-refractivity contribution in [1.29, 1.82) is 0 Å². The van der Waals surface area contributed by atoms with Gasteiger partial charge in [0.15, 0.2) is 0 Å². The average molecular weight is 293 g/mol. The molecule has 0 N–H and O–H groups in total. The van der Waals surface area contributed by atoms with Crippen LogP contribution in [0.3, 0.4) is 0 Å². The van der Waals surface area contributed by atoms with Gasteiger partial charge in [0.1, 0.15) is 4.83 Å². The molecule has 0 amide bonds. The zero-order chi connectivity index (χ0) is 12.4. The molecule has 0 aliphatic rings. The fraction of sp³-hybridized carbons (Fsp3) is 0.833. The van der Waals surface area contributed by atoms with Crippen LogP contribution in [0, 0.1) is 0 Å². The van der Waals surface area contributed by atoms with Crippen LogP contribution < -0.4 is 0 Å². The van der Waals surface area contributed by atoms with E-state index in [-0.39, 0.29) is 4.83 Å². The lowest BCUT2D eigenvalue weighted by Crippen LogP contribution is -2.21. The molecule has 1 atom stereocenters. The van der Waals surface area contributed by atoms with E-state index >= 15 is 0 Å². The Bertz CT molecular complexity index is 216. The molecule has 0 fully saturated rings. The Kier molecular flexibility index (Phi) is 9.59. The minimum atomic E-state index is -0.449. The Morgan fingerprint density at radius 1 is 1.12 bits per heavy atom. The lowest BCUT2D eigenvalue weighted by atomic mass is 10.2. The van der Waals surface area contributed by atoms with Crippen molar-refractivity contribution in [2.75, 3.05) is 0 Å². The molecule has 0 radical (unpaired) electrons. The summed E-state index contributed by atoms with van der Waals surface area (Å²) >= 11 is 3.23. The van der Waals surface area contributed by atoms with Crippen molar-refractivity contribution in [2.45, 2.75) is 63.6 Å². The second-order valence-corrected chi connectivity index (χ2v) is 4.97. The summed E-state index contributed by atoms with van der Waals surface area (Å²) in [5, 5.41) is 0. The van der Waals surface area contributed by atoms with E-state index in [1.54, 1.807) is 0 Å². The zero-order valence-electron chi connectivity index (χ0n) is 10.1. The van der Waals surface area contributed by atoms with Gasteiger partial charge in [-0.05, 0) is 12.8 Å². The first-order valence-corrected chi connectivity index (χ1v) is 6.92. The summed E-state index contributed by atoms with van der Waals surface area (Å²) in [4.78, 5) is 22.3. The number of alkyl halides is 1. The van der Waals surface area contributed by atoms with Gasteiger partial charge in [-0.25, -0.2) is 0 Å². The van der Waals surface area contributed by atoms with Gasteiger partial charge in [-0.1, -0.05) is 55.5 Å². The van der Waals surface area contributed by atoms with Crippen LogP contribution in [-0.4, -0.2) is 16.8 Å². The molecule has 4 heteroatoms. The van der Waals surface area contributed by atoms with E-state index in [9.17, 15) is 9.59 Å². The van der Waals surface area contributed by atoms with Crippen molar-refractivity contribution < 1.29 is 14.3 Å². The molecule has 16 heavy (non-hydrogen) atoms. The molecule has 1 unspecified atom stereocenters. The van der Waals surface area contributed by atoms with Crippen LogP contribution in [0.15, 0.2) is 0 Å². The van der Waals surface area contributed by atoms with Crippen molar-refractivity contribution in [1.82, 2.24) is 0 Å². The molecular formula is C12H21BrO3. The molecule has 3 nitrogen and oxygen atoms in total. The zero-order valence-corrected chi connectivity index (χ0v) is 11.7. The van der Waals surface area contributed by atoms with Crippen LogP contribution in [0.2, 0.25) is 0 Å². The molecule has 0 bridgehead atoms. The molecule has 0 rings (SSSR count). The van der Waals surface area contributed by atoms with Crippen LogP contribution in [0.5, 0.6) is 0 Å². The molecule has 0 aromatic heterocycles. The van der Waals surface area contributed by atoms with Crippen LogP contribution >= 0.6 is 15.9 Å². The Morgan fingerprint density at radius 2 is 1.75 bits per heavy atom. The van der Waals surface area contributed by atoms with Crippen LogP contribution in [0.25, 0.3) is 0 Å². The van der Waals surface area contributed by atoms with Crippen molar-refractivity contribution in [3.63, 3.8) is 0 Å². The second-order valence-electron chi connectivity index (χ2n) is 3.86. The molecular weight excluding hydrogens is 272 g/mol. The first kappa shape index (κ1) is 15.6. The molecule has 0 aromatic rings. The van der Waals surface area contributed by atoms with Crippen molar-refractivity contribution in [3.05, 3.63) is 0 Å². The number of halogens is 1. The van der Waals surface area contributed by atoms with Gasteiger partial charge >= 0.3 is 11.9 Å². The summed E-state index contributed by atoms with van der Waals surface area (Å²) in [5.41, 5.74) is 0. The number of esters is 2. The lowest BCUT2D eigenvalue weighted by Gasteiger charge is -2.07. The van der Waals surface area contributed by atoms with E-state index in [1.165, 1.54) is 0 Å². The summed E-state index contributed by atoms with van der Waals surface area (Å²) in [7, 11) is 0. The van der Waals surface area contributed by atoms with Gasteiger partial charge in [0.25, 0.3) is 0 Å². The summed E-state index contributed by atoms with van der Waals surface area (Å²) in [6.07, 6.45) is 5.89.